The molecule has 0 aromatic rings. The third kappa shape index (κ3) is 40.5. The molecule has 3 amide bonds. The monoisotopic (exact) mass is 1120 g/mol. The fourth-order valence-corrected chi connectivity index (χ4v) is 6.35. The van der Waals surface area contributed by atoms with Gasteiger partial charge < -0.3 is 54.2 Å². The molecule has 22 heteroatoms. The molecule has 0 aliphatic rings. The van der Waals surface area contributed by atoms with Crippen LogP contribution in [0.4, 0.5) is 4.79 Å². The highest BCUT2D eigenvalue weighted by atomic mass is 16.6. The molecular weight excluding hydrogens is 1020 g/mol. The largest absolute Gasteiger partial charge is 0.481 e. The van der Waals surface area contributed by atoms with Crippen LogP contribution in [-0.2, 0) is 81.1 Å². The molecule has 0 saturated carbocycles. The van der Waals surface area contributed by atoms with Gasteiger partial charge in [0.2, 0.25) is 11.8 Å². The van der Waals surface area contributed by atoms with Crippen LogP contribution in [0, 0.1) is 11.8 Å². The van der Waals surface area contributed by atoms with E-state index in [1.54, 1.807) is 132 Å². The summed E-state index contributed by atoms with van der Waals surface area (Å²) in [6, 6.07) is -4.59. The Morgan fingerprint density at radius 3 is 1.04 bits per heavy atom. The van der Waals surface area contributed by atoms with Gasteiger partial charge in [-0.2, -0.15) is 0 Å². The molecule has 0 saturated heterocycles. The number of ether oxygens (including phenoxy) is 7. The SMILES string of the molecule is CC(C)(C)OC(=O)CC[C@H](CC(=O)CC[C@H](NC(=O)CC[C@H](CC(=O)CC[C@H](NC(=O)[C@H](CC(=O)O)NC(=O)OC(C)(C)C)C(=O)OC(C)(C)C)C(=O)OC(C)(C)C)C(=O)OC(C)(C)C)C(=O)OC(C)(C)C.COC(C)(C)C. The van der Waals surface area contributed by atoms with Gasteiger partial charge in [-0.15, -0.1) is 0 Å². The first-order valence-corrected chi connectivity index (χ1v) is 26.4. The van der Waals surface area contributed by atoms with Gasteiger partial charge in [0.05, 0.1) is 23.9 Å². The van der Waals surface area contributed by atoms with Crippen LogP contribution in [-0.4, -0.2) is 135 Å². The van der Waals surface area contributed by atoms with Gasteiger partial charge in [0.1, 0.15) is 63.3 Å². The van der Waals surface area contributed by atoms with Crippen LogP contribution >= 0.6 is 0 Å². The molecule has 0 spiro atoms. The number of ketones is 2. The number of rotatable bonds is 26. The Labute approximate surface area is 463 Å². The zero-order chi connectivity index (χ0) is 61.6. The average Bonchev–Trinajstić information content (AvgIpc) is 3.19. The molecule has 0 rings (SSSR count). The molecule has 4 N–H and O–H groups in total. The Morgan fingerprint density at radius 1 is 0.372 bits per heavy atom. The number of hydrogen-bond acceptors (Lipinski definition) is 18. The number of carbonyl (C=O) groups is 11. The van der Waals surface area contributed by atoms with Crippen LogP contribution in [0.25, 0.3) is 0 Å². The van der Waals surface area contributed by atoms with Crippen LogP contribution < -0.4 is 16.0 Å². The predicted octanol–water partition coefficient (Wildman–Crippen LogP) is 7.74. The summed E-state index contributed by atoms with van der Waals surface area (Å²) in [5.41, 5.74) is -5.70. The highest BCUT2D eigenvalue weighted by Gasteiger charge is 2.36. The summed E-state index contributed by atoms with van der Waals surface area (Å²) in [6.07, 6.45) is -5.05. The Bertz CT molecular complexity index is 2030. The van der Waals surface area contributed by atoms with Crippen LogP contribution in [0.5, 0.6) is 0 Å². The van der Waals surface area contributed by atoms with E-state index in [1.165, 1.54) is 0 Å². The molecule has 0 aromatic carbocycles. The fourth-order valence-electron chi connectivity index (χ4n) is 6.35. The van der Waals surface area contributed by atoms with E-state index >= 15 is 0 Å². The molecule has 22 nitrogen and oxygen atoms in total. The number of carboxylic acids is 1. The van der Waals surface area contributed by atoms with E-state index in [1.807, 2.05) is 20.8 Å². The van der Waals surface area contributed by atoms with Gasteiger partial charge in [0, 0.05) is 45.6 Å². The Morgan fingerprint density at radius 2 is 0.705 bits per heavy atom. The first-order chi connectivity index (χ1) is 34.9. The third-order valence-electron chi connectivity index (χ3n) is 9.72. The Kier molecular flexibility index (Phi) is 30.3. The summed E-state index contributed by atoms with van der Waals surface area (Å²) in [5.74, 6) is -10.5. The van der Waals surface area contributed by atoms with Crippen molar-refractivity contribution in [2.75, 3.05) is 7.11 Å². The number of nitrogens with one attached hydrogen (secondary N) is 3. The van der Waals surface area contributed by atoms with Gasteiger partial charge in [-0.25, -0.2) is 14.4 Å². The highest BCUT2D eigenvalue weighted by Crippen LogP contribution is 2.24. The zero-order valence-electron chi connectivity index (χ0n) is 51.0. The number of carbonyl (C=O) groups excluding carboxylic acids is 10. The average molecular weight is 1120 g/mol. The molecule has 5 atom stereocenters. The minimum absolute atomic E-state index is 0.0417. The molecule has 0 unspecified atom stereocenters. The van der Waals surface area contributed by atoms with Crippen molar-refractivity contribution in [3.05, 3.63) is 0 Å². The molecule has 0 heterocycles. The quantitative estimate of drug-likeness (QED) is 0.0475. The van der Waals surface area contributed by atoms with Crippen molar-refractivity contribution < 1.29 is 91.0 Å². The van der Waals surface area contributed by atoms with Crippen LogP contribution in [0.3, 0.4) is 0 Å². The van der Waals surface area contributed by atoms with Gasteiger partial charge in [-0.3, -0.25) is 38.4 Å². The lowest BCUT2D eigenvalue weighted by molar-refractivity contribution is -0.163. The smallest absolute Gasteiger partial charge is 0.408 e. The molecule has 0 aliphatic heterocycles. The Hall–Kier alpha value is -5.67. The van der Waals surface area contributed by atoms with Crippen molar-refractivity contribution in [1.29, 1.82) is 0 Å². The zero-order valence-corrected chi connectivity index (χ0v) is 51.0. The molecule has 450 valence electrons. The number of aliphatic carboxylic acids is 1. The third-order valence-corrected chi connectivity index (χ3v) is 9.72. The summed E-state index contributed by atoms with van der Waals surface area (Å²) >= 11 is 0. The molecule has 78 heavy (non-hydrogen) atoms. The van der Waals surface area contributed by atoms with E-state index in [0.29, 0.717) is 0 Å². The maximum Gasteiger partial charge on any atom is 0.408 e. The molecule has 0 fully saturated rings. The number of methoxy groups -OCH3 is 1. The Balaban J connectivity index is 0. The second-order valence-corrected chi connectivity index (χ2v) is 26.0. The van der Waals surface area contributed by atoms with Gasteiger partial charge in [-0.1, -0.05) is 0 Å². The maximum atomic E-state index is 13.6. The minimum Gasteiger partial charge on any atom is -0.481 e. The van der Waals surface area contributed by atoms with E-state index in [2.05, 4.69) is 16.0 Å². The lowest BCUT2D eigenvalue weighted by Gasteiger charge is -2.27. The van der Waals surface area contributed by atoms with Gasteiger partial charge in [-0.05, 0) is 171 Å². The van der Waals surface area contributed by atoms with E-state index in [9.17, 15) is 57.8 Å². The summed E-state index contributed by atoms with van der Waals surface area (Å²) in [7, 11) is 1.71. The normalized spacial score (nSPS) is 14.2. The number of esters is 5. The van der Waals surface area contributed by atoms with E-state index in [0.717, 1.165) is 0 Å². The molecule has 0 aliphatic carbocycles. The molecule has 0 bridgehead atoms. The number of alkyl carbamates (subject to hydrolysis) is 1. The molecule has 0 aromatic heterocycles. The molecule has 0 radical (unpaired) electrons. The fraction of sp³-hybridized carbons (Fsp3) is 0.804. The summed E-state index contributed by atoms with van der Waals surface area (Å²) in [6.45, 7) is 35.1. The van der Waals surface area contributed by atoms with Crippen molar-refractivity contribution >= 4 is 65.3 Å². The first-order valence-electron chi connectivity index (χ1n) is 26.4. The van der Waals surface area contributed by atoms with E-state index < -0.39 is 155 Å². The summed E-state index contributed by atoms with van der Waals surface area (Å²) < 4.78 is 37.6. The summed E-state index contributed by atoms with van der Waals surface area (Å²) in [5, 5.41) is 16.6. The van der Waals surface area contributed by atoms with Crippen molar-refractivity contribution in [2.24, 2.45) is 11.8 Å². The lowest BCUT2D eigenvalue weighted by Crippen LogP contribution is -2.53. The van der Waals surface area contributed by atoms with Crippen LogP contribution in [0.15, 0.2) is 0 Å². The van der Waals surface area contributed by atoms with Crippen molar-refractivity contribution in [3.63, 3.8) is 0 Å². The molecular formula is C56H97N3O19. The summed E-state index contributed by atoms with van der Waals surface area (Å²) in [4.78, 5) is 144. The van der Waals surface area contributed by atoms with Gasteiger partial charge in [0.25, 0.3) is 0 Å². The van der Waals surface area contributed by atoms with Crippen molar-refractivity contribution in [3.8, 4) is 0 Å². The second kappa shape index (κ2) is 31.8. The van der Waals surface area contributed by atoms with E-state index in [4.69, 9.17) is 33.2 Å². The number of carboxylic acid groups (broad SMARTS) is 1. The van der Waals surface area contributed by atoms with Crippen LogP contribution in [0.1, 0.15) is 216 Å². The topological polar surface area (TPSA) is 309 Å². The van der Waals surface area contributed by atoms with E-state index in [-0.39, 0.29) is 50.5 Å². The number of hydrogen-bond donors (Lipinski definition) is 4. The van der Waals surface area contributed by atoms with Gasteiger partial charge in [0.15, 0.2) is 0 Å². The first kappa shape index (κ1) is 74.4. The van der Waals surface area contributed by atoms with Crippen LogP contribution in [0.2, 0.25) is 0 Å². The predicted molar refractivity (Wildman–Crippen MR) is 288 cm³/mol. The standard InChI is InChI=1S/C51H85N3O18.C5H12O/c1-46(2,3)67-39(60)26-20-31(42(63)69-48(7,8)9)28-32(55)21-23-34(43(64)70-49(10,11)12)52-37(57)25-19-30(41(62)68-47(4,5)6)27-33(56)22-24-35(44(65)71-50(13,14)15)53-40(61)36(29-38(58)59)54-45(66)72-51(16,17)18;1-5(2,3)6-4/h30-31,34-36H,19-29H2,1-18H3,(H,52,57)(H,53,61)(H,54,66)(H,58,59);1-4H3/t30-,31-,34+,35+,36+;/m1./s1. The van der Waals surface area contributed by atoms with Gasteiger partial charge >= 0.3 is 41.9 Å². The second-order valence-electron chi connectivity index (χ2n) is 26.0. The maximum absolute atomic E-state index is 13.6. The minimum atomic E-state index is -1.70. The lowest BCUT2D eigenvalue weighted by atomic mass is 9.93. The van der Waals surface area contributed by atoms with Crippen molar-refractivity contribution in [2.45, 2.75) is 273 Å². The highest BCUT2D eigenvalue weighted by molar-refractivity contribution is 5.93. The number of Topliss-reactive ketones (excluding diaryl/α,β-unsaturated/α-hetero) is 2. The number of amides is 3. The van der Waals surface area contributed by atoms with Crippen molar-refractivity contribution in [1.82, 2.24) is 16.0 Å².